The number of aryl methyl sites for hydroxylation is 1. The molecule has 0 atom stereocenters. The molecule has 1 aromatic carbocycles. The van der Waals surface area contributed by atoms with Crippen LogP contribution in [0.25, 0.3) is 22.0 Å². The van der Waals surface area contributed by atoms with Crippen molar-refractivity contribution in [1.29, 1.82) is 0 Å². The van der Waals surface area contributed by atoms with E-state index in [0.717, 1.165) is 77.5 Å². The van der Waals surface area contributed by atoms with Gasteiger partial charge in [0.2, 0.25) is 5.91 Å². The quantitative estimate of drug-likeness (QED) is 0.361. The molecule has 4 heterocycles. The van der Waals surface area contributed by atoms with Crippen LogP contribution in [0.5, 0.6) is 0 Å². The lowest BCUT2D eigenvalue weighted by molar-refractivity contribution is -0.112. The van der Waals surface area contributed by atoms with Crippen LogP contribution < -0.4 is 11.1 Å². The zero-order valence-corrected chi connectivity index (χ0v) is 21.9. The van der Waals surface area contributed by atoms with Crippen LogP contribution in [0, 0.1) is 12.3 Å². The Labute approximate surface area is 227 Å². The van der Waals surface area contributed by atoms with Crippen molar-refractivity contribution in [2.75, 3.05) is 24.1 Å². The SMILES string of the molecule is Cc1ccncc1-c1cc2cc(NC(=O)C=C3CC4(CCN(C(=O)c5ccccc5)CC4)C3)ncc2c(N)n1. The number of rotatable bonds is 4. The standard InChI is InChI=1S/C31H30N6O2/c1-20-7-10-33-18-24(20)26-14-23-15-27(34-19-25(23)29(32)35-26)36-28(38)13-21-16-31(17-21)8-11-37(12-9-31)30(39)22-5-3-2-4-6-22/h2-7,10,13-15,18-19H,8-9,11-12,16-17H2,1H3,(H2,32,35)(H,34,36,38). The van der Waals surface area contributed by atoms with E-state index >= 15 is 0 Å². The number of aromatic nitrogens is 3. The fourth-order valence-electron chi connectivity index (χ4n) is 5.77. The van der Waals surface area contributed by atoms with E-state index in [1.807, 2.05) is 60.4 Å². The van der Waals surface area contributed by atoms with Gasteiger partial charge in [-0.25, -0.2) is 9.97 Å². The van der Waals surface area contributed by atoms with Crippen LogP contribution in [0.1, 0.15) is 41.6 Å². The molecule has 6 rings (SSSR count). The van der Waals surface area contributed by atoms with Crippen molar-refractivity contribution in [3.8, 4) is 11.3 Å². The second kappa shape index (κ2) is 9.94. The van der Waals surface area contributed by atoms with Gasteiger partial charge in [-0.15, -0.1) is 0 Å². The molecule has 196 valence electrons. The van der Waals surface area contributed by atoms with Gasteiger partial charge >= 0.3 is 0 Å². The maximum atomic E-state index is 12.8. The average Bonchev–Trinajstić information content (AvgIpc) is 2.92. The molecule has 1 aliphatic heterocycles. The van der Waals surface area contributed by atoms with Crippen molar-refractivity contribution < 1.29 is 9.59 Å². The number of carbonyl (C=O) groups excluding carboxylic acids is 2. The topological polar surface area (TPSA) is 114 Å². The van der Waals surface area contributed by atoms with Crippen LogP contribution in [0.2, 0.25) is 0 Å². The van der Waals surface area contributed by atoms with E-state index in [-0.39, 0.29) is 17.2 Å². The summed E-state index contributed by atoms with van der Waals surface area (Å²) in [5.74, 6) is 0.761. The number of nitrogens with one attached hydrogen (secondary N) is 1. The number of pyridine rings is 3. The number of piperidine rings is 1. The summed E-state index contributed by atoms with van der Waals surface area (Å²) in [5.41, 5.74) is 11.0. The Bertz CT molecular complexity index is 1600. The molecule has 0 unspecified atom stereocenters. The number of likely N-dealkylation sites (tertiary alicyclic amines) is 1. The molecule has 4 aromatic rings. The minimum absolute atomic E-state index is 0.100. The van der Waals surface area contributed by atoms with Crippen LogP contribution in [-0.4, -0.2) is 44.8 Å². The van der Waals surface area contributed by atoms with E-state index in [9.17, 15) is 9.59 Å². The Balaban J connectivity index is 1.09. The van der Waals surface area contributed by atoms with Crippen LogP contribution in [0.15, 0.2) is 78.8 Å². The number of nitrogens with two attached hydrogens (primary N) is 1. The molecule has 1 saturated carbocycles. The van der Waals surface area contributed by atoms with Gasteiger partial charge in [-0.3, -0.25) is 14.6 Å². The van der Waals surface area contributed by atoms with Gasteiger partial charge in [-0.1, -0.05) is 23.8 Å². The number of nitrogens with zero attached hydrogens (tertiary/aromatic N) is 4. The van der Waals surface area contributed by atoms with Gasteiger partial charge in [0.15, 0.2) is 0 Å². The molecule has 8 heteroatoms. The predicted octanol–water partition coefficient (Wildman–Crippen LogP) is 5.16. The highest BCUT2D eigenvalue weighted by atomic mass is 16.2. The fraction of sp³-hybridized carbons (Fsp3) is 0.258. The Morgan fingerprint density at radius 1 is 1.05 bits per heavy atom. The minimum atomic E-state index is -0.186. The minimum Gasteiger partial charge on any atom is -0.383 e. The Kier molecular flexibility index (Phi) is 6.30. The van der Waals surface area contributed by atoms with E-state index in [4.69, 9.17) is 5.73 Å². The molecule has 0 bridgehead atoms. The van der Waals surface area contributed by atoms with Crippen molar-refractivity contribution >= 4 is 34.2 Å². The molecule has 3 aromatic heterocycles. The number of carbonyl (C=O) groups is 2. The van der Waals surface area contributed by atoms with Crippen molar-refractivity contribution in [3.05, 3.63) is 89.9 Å². The lowest BCUT2D eigenvalue weighted by Gasteiger charge is -2.49. The summed E-state index contributed by atoms with van der Waals surface area (Å²) >= 11 is 0. The van der Waals surface area contributed by atoms with Gasteiger partial charge in [-0.2, -0.15) is 0 Å². The largest absolute Gasteiger partial charge is 0.383 e. The third-order valence-corrected chi connectivity index (χ3v) is 7.98. The third kappa shape index (κ3) is 4.97. The molecular weight excluding hydrogens is 488 g/mol. The highest BCUT2D eigenvalue weighted by Crippen LogP contribution is 2.52. The van der Waals surface area contributed by atoms with Gasteiger partial charge in [0.05, 0.1) is 5.69 Å². The van der Waals surface area contributed by atoms with Gasteiger partial charge in [-0.05, 0) is 79.3 Å². The summed E-state index contributed by atoms with van der Waals surface area (Å²) in [6.07, 6.45) is 10.6. The first-order valence-electron chi connectivity index (χ1n) is 13.2. The van der Waals surface area contributed by atoms with Gasteiger partial charge < -0.3 is 16.0 Å². The summed E-state index contributed by atoms with van der Waals surface area (Å²) < 4.78 is 0. The number of allylic oxidation sites excluding steroid dienone is 1. The first kappa shape index (κ1) is 24.7. The predicted molar refractivity (Wildman–Crippen MR) is 152 cm³/mol. The molecule has 8 nitrogen and oxygen atoms in total. The molecule has 1 saturated heterocycles. The normalized spacial score (nSPS) is 16.1. The lowest BCUT2D eigenvalue weighted by Crippen LogP contribution is -2.46. The molecule has 1 aliphatic carbocycles. The van der Waals surface area contributed by atoms with Gasteiger partial charge in [0.25, 0.3) is 5.91 Å². The Morgan fingerprint density at radius 3 is 2.56 bits per heavy atom. The van der Waals surface area contributed by atoms with Crippen LogP contribution in [-0.2, 0) is 4.79 Å². The van der Waals surface area contributed by atoms with Crippen LogP contribution in [0.4, 0.5) is 11.6 Å². The molecule has 1 spiro atoms. The zero-order chi connectivity index (χ0) is 27.0. The molecule has 2 amide bonds. The average molecular weight is 519 g/mol. The van der Waals surface area contributed by atoms with E-state index in [1.54, 1.807) is 24.7 Å². The smallest absolute Gasteiger partial charge is 0.253 e. The van der Waals surface area contributed by atoms with Crippen LogP contribution in [0.3, 0.4) is 0 Å². The number of amides is 2. The molecule has 2 fully saturated rings. The molecule has 3 N–H and O–H groups in total. The van der Waals surface area contributed by atoms with E-state index in [1.165, 1.54) is 0 Å². The summed E-state index contributed by atoms with van der Waals surface area (Å²) in [6, 6.07) is 15.1. The molecule has 39 heavy (non-hydrogen) atoms. The number of hydrogen-bond donors (Lipinski definition) is 2. The Hall–Kier alpha value is -4.59. The van der Waals surface area contributed by atoms with Gasteiger partial charge in [0.1, 0.15) is 11.6 Å². The van der Waals surface area contributed by atoms with E-state index in [0.29, 0.717) is 11.6 Å². The Morgan fingerprint density at radius 2 is 1.82 bits per heavy atom. The summed E-state index contributed by atoms with van der Waals surface area (Å²) in [5, 5.41) is 4.48. The maximum absolute atomic E-state index is 12.8. The van der Waals surface area contributed by atoms with Crippen molar-refractivity contribution in [1.82, 2.24) is 19.9 Å². The van der Waals surface area contributed by atoms with Gasteiger partial charge in [0, 0.05) is 54.3 Å². The third-order valence-electron chi connectivity index (χ3n) is 7.98. The fourth-order valence-corrected chi connectivity index (χ4v) is 5.77. The number of nitrogen functional groups attached to an aromatic ring is 1. The number of hydrogen-bond acceptors (Lipinski definition) is 6. The second-order valence-electron chi connectivity index (χ2n) is 10.7. The van der Waals surface area contributed by atoms with E-state index in [2.05, 4.69) is 20.3 Å². The van der Waals surface area contributed by atoms with Crippen LogP contribution >= 0.6 is 0 Å². The number of benzene rings is 1. The summed E-state index contributed by atoms with van der Waals surface area (Å²) in [4.78, 5) is 40.6. The molecule has 2 aliphatic rings. The monoisotopic (exact) mass is 518 g/mol. The van der Waals surface area contributed by atoms with E-state index < -0.39 is 0 Å². The molecule has 0 radical (unpaired) electrons. The van der Waals surface area contributed by atoms with Crippen molar-refractivity contribution in [2.24, 2.45) is 5.41 Å². The first-order chi connectivity index (χ1) is 18.9. The van der Waals surface area contributed by atoms with Crippen molar-refractivity contribution in [3.63, 3.8) is 0 Å². The lowest BCUT2D eigenvalue weighted by atomic mass is 9.60. The first-order valence-corrected chi connectivity index (χ1v) is 13.2. The number of fused-ring (bicyclic) bond motifs is 1. The second-order valence-corrected chi connectivity index (χ2v) is 10.7. The summed E-state index contributed by atoms with van der Waals surface area (Å²) in [7, 11) is 0. The zero-order valence-electron chi connectivity index (χ0n) is 21.9. The highest BCUT2D eigenvalue weighted by Gasteiger charge is 2.43. The van der Waals surface area contributed by atoms with Crippen molar-refractivity contribution in [2.45, 2.75) is 32.6 Å². The maximum Gasteiger partial charge on any atom is 0.253 e. The highest BCUT2D eigenvalue weighted by molar-refractivity contribution is 6.01. The summed E-state index contributed by atoms with van der Waals surface area (Å²) in [6.45, 7) is 3.52. The number of anilines is 2. The molecular formula is C31H30N6O2.